The lowest BCUT2D eigenvalue weighted by Gasteiger charge is -2.12. The second kappa shape index (κ2) is 8.28. The molecule has 1 amide bonds. The minimum Gasteiger partial charge on any atom is -0.384 e. The Morgan fingerprint density at radius 3 is 2.34 bits per heavy atom. The molecule has 0 radical (unpaired) electrons. The number of nitrogens with two attached hydrogens (primary N) is 1. The van der Waals surface area contributed by atoms with Crippen LogP contribution in [0.2, 0.25) is 0 Å². The molecule has 0 heterocycles. The number of carbonyl (C=O) groups is 1. The van der Waals surface area contributed by atoms with E-state index in [0.717, 1.165) is 11.8 Å². The maximum atomic E-state index is 12.8. The van der Waals surface area contributed by atoms with Gasteiger partial charge in [-0.15, -0.1) is 0 Å². The van der Waals surface area contributed by atoms with Crippen molar-refractivity contribution in [2.24, 2.45) is 5.73 Å². The van der Waals surface area contributed by atoms with E-state index in [-0.39, 0.29) is 16.6 Å². The van der Waals surface area contributed by atoms with E-state index in [1.54, 1.807) is 66.7 Å². The Kier molecular flexibility index (Phi) is 5.79. The van der Waals surface area contributed by atoms with Crippen molar-refractivity contribution in [1.82, 2.24) is 5.32 Å². The van der Waals surface area contributed by atoms with E-state index < -0.39 is 9.84 Å². The van der Waals surface area contributed by atoms with E-state index >= 15 is 0 Å². The van der Waals surface area contributed by atoms with Crippen LogP contribution >= 0.6 is 0 Å². The number of sulfone groups is 1. The van der Waals surface area contributed by atoms with E-state index in [1.807, 2.05) is 0 Å². The summed E-state index contributed by atoms with van der Waals surface area (Å²) in [5.74, 6) is -0.271. The molecule has 0 aliphatic rings. The lowest BCUT2D eigenvalue weighted by Crippen LogP contribution is -2.23. The Labute approximate surface area is 169 Å². The molecular weight excluding hydrogens is 386 g/mol. The molecule has 0 bridgehead atoms. The van der Waals surface area contributed by atoms with E-state index in [9.17, 15) is 13.2 Å². The van der Waals surface area contributed by atoms with Gasteiger partial charge in [0.1, 0.15) is 5.84 Å². The molecule has 0 fully saturated rings. The van der Waals surface area contributed by atoms with Crippen LogP contribution in [0.3, 0.4) is 0 Å². The number of hydrogen-bond donors (Lipinski definition) is 3. The van der Waals surface area contributed by atoms with E-state index in [2.05, 4.69) is 5.32 Å². The smallest absolute Gasteiger partial charge is 0.252 e. The number of amidine groups is 1. The van der Waals surface area contributed by atoms with Crippen molar-refractivity contribution in [3.8, 4) is 11.1 Å². The van der Waals surface area contributed by atoms with Crippen LogP contribution in [0.25, 0.3) is 11.1 Å². The second-order valence-corrected chi connectivity index (χ2v) is 8.65. The fourth-order valence-electron chi connectivity index (χ4n) is 2.91. The molecule has 0 saturated carbocycles. The number of hydrogen-bond acceptors (Lipinski definition) is 4. The van der Waals surface area contributed by atoms with Crippen molar-refractivity contribution in [1.29, 1.82) is 5.41 Å². The summed E-state index contributed by atoms with van der Waals surface area (Å²) in [6, 6.07) is 20.7. The van der Waals surface area contributed by atoms with Crippen LogP contribution in [0.4, 0.5) is 0 Å². The van der Waals surface area contributed by atoms with Gasteiger partial charge in [0.15, 0.2) is 9.84 Å². The summed E-state index contributed by atoms with van der Waals surface area (Å²) in [5, 5.41) is 10.3. The van der Waals surface area contributed by atoms with Crippen LogP contribution in [0, 0.1) is 5.41 Å². The first-order valence-electron chi connectivity index (χ1n) is 8.87. The average Bonchev–Trinajstić information content (AvgIpc) is 2.72. The minimum atomic E-state index is -3.35. The average molecular weight is 407 g/mol. The predicted molar refractivity (Wildman–Crippen MR) is 114 cm³/mol. The van der Waals surface area contributed by atoms with Crippen LogP contribution in [0.5, 0.6) is 0 Å². The van der Waals surface area contributed by atoms with Gasteiger partial charge in [-0.2, -0.15) is 0 Å². The zero-order chi connectivity index (χ0) is 21.0. The number of rotatable bonds is 6. The number of benzene rings is 3. The Morgan fingerprint density at radius 1 is 1.00 bits per heavy atom. The summed E-state index contributed by atoms with van der Waals surface area (Å²) >= 11 is 0. The number of amides is 1. The van der Waals surface area contributed by atoms with Crippen LogP contribution < -0.4 is 11.1 Å². The largest absolute Gasteiger partial charge is 0.384 e. The first kappa shape index (κ1) is 20.3. The van der Waals surface area contributed by atoms with Crippen molar-refractivity contribution in [2.45, 2.75) is 11.4 Å². The third-order valence-electron chi connectivity index (χ3n) is 4.46. The molecule has 4 N–H and O–H groups in total. The van der Waals surface area contributed by atoms with Crippen molar-refractivity contribution < 1.29 is 13.2 Å². The Bertz CT molecular complexity index is 1170. The summed E-state index contributed by atoms with van der Waals surface area (Å²) in [7, 11) is -3.35. The highest BCUT2D eigenvalue weighted by Crippen LogP contribution is 2.26. The summed E-state index contributed by atoms with van der Waals surface area (Å²) in [4.78, 5) is 13.0. The molecular formula is C22H21N3O3S. The predicted octanol–water partition coefficient (Wildman–Crippen LogP) is 2.97. The molecule has 0 saturated heterocycles. The topological polar surface area (TPSA) is 113 Å². The molecule has 0 aliphatic heterocycles. The van der Waals surface area contributed by atoms with Crippen LogP contribution in [0.15, 0.2) is 77.7 Å². The van der Waals surface area contributed by atoms with Crippen molar-refractivity contribution in [3.63, 3.8) is 0 Å². The molecule has 0 aromatic heterocycles. The van der Waals surface area contributed by atoms with Gasteiger partial charge in [-0.25, -0.2) is 8.42 Å². The summed E-state index contributed by atoms with van der Waals surface area (Å²) in [6.45, 7) is 0.314. The molecule has 0 aliphatic carbocycles. The maximum absolute atomic E-state index is 12.8. The minimum absolute atomic E-state index is 0.00848. The zero-order valence-corrected chi connectivity index (χ0v) is 16.7. The lowest BCUT2D eigenvalue weighted by molar-refractivity contribution is 0.0951. The Hall–Kier alpha value is -3.45. The molecule has 0 atom stereocenters. The van der Waals surface area contributed by atoms with Crippen LogP contribution in [0.1, 0.15) is 21.5 Å². The van der Waals surface area contributed by atoms with Gasteiger partial charge in [-0.3, -0.25) is 10.2 Å². The molecule has 3 aromatic carbocycles. The molecule has 29 heavy (non-hydrogen) atoms. The summed E-state index contributed by atoms with van der Waals surface area (Å²) < 4.78 is 23.7. The zero-order valence-electron chi connectivity index (χ0n) is 15.8. The molecule has 148 valence electrons. The maximum Gasteiger partial charge on any atom is 0.252 e. The first-order valence-corrected chi connectivity index (χ1v) is 10.8. The van der Waals surface area contributed by atoms with Crippen molar-refractivity contribution in [3.05, 3.63) is 89.5 Å². The van der Waals surface area contributed by atoms with Gasteiger partial charge in [0.25, 0.3) is 5.91 Å². The van der Waals surface area contributed by atoms with Gasteiger partial charge >= 0.3 is 0 Å². The first-order chi connectivity index (χ1) is 13.8. The summed E-state index contributed by atoms with van der Waals surface area (Å²) in [5.41, 5.74) is 8.71. The fraction of sp³-hybridized carbons (Fsp3) is 0.0909. The molecule has 6 nitrogen and oxygen atoms in total. The van der Waals surface area contributed by atoms with Crippen molar-refractivity contribution >= 4 is 21.6 Å². The second-order valence-electron chi connectivity index (χ2n) is 6.64. The standard InChI is InChI=1S/C22H21N3O3S/c1-29(27,28)18-6-4-5-17(13-18)19-7-2-3-8-20(19)22(26)25-14-15-9-11-16(12-10-15)21(23)24/h2-13H,14H2,1H3,(H3,23,24)(H,25,26). The van der Waals surface area contributed by atoms with E-state index in [0.29, 0.717) is 28.8 Å². The highest BCUT2D eigenvalue weighted by molar-refractivity contribution is 7.90. The van der Waals surface area contributed by atoms with E-state index in [4.69, 9.17) is 11.1 Å². The van der Waals surface area contributed by atoms with Crippen LogP contribution in [-0.2, 0) is 16.4 Å². The van der Waals surface area contributed by atoms with Gasteiger partial charge in [0, 0.05) is 23.9 Å². The van der Waals surface area contributed by atoms with Gasteiger partial charge < -0.3 is 11.1 Å². The highest BCUT2D eigenvalue weighted by Gasteiger charge is 2.14. The Morgan fingerprint density at radius 2 is 1.69 bits per heavy atom. The van der Waals surface area contributed by atoms with Gasteiger partial charge in [-0.1, -0.05) is 54.6 Å². The Balaban J connectivity index is 1.83. The quantitative estimate of drug-likeness (QED) is 0.431. The molecule has 0 spiro atoms. The van der Waals surface area contributed by atoms with Crippen molar-refractivity contribution in [2.75, 3.05) is 6.26 Å². The van der Waals surface area contributed by atoms with E-state index in [1.165, 1.54) is 6.07 Å². The third kappa shape index (κ3) is 4.89. The monoisotopic (exact) mass is 407 g/mol. The third-order valence-corrected chi connectivity index (χ3v) is 5.57. The lowest BCUT2D eigenvalue weighted by atomic mass is 9.99. The number of nitrogens with one attached hydrogen (secondary N) is 2. The van der Waals surface area contributed by atoms with Gasteiger partial charge in [-0.05, 0) is 34.9 Å². The fourth-order valence-corrected chi connectivity index (χ4v) is 3.57. The molecule has 3 aromatic rings. The molecule has 3 rings (SSSR count). The molecule has 0 unspecified atom stereocenters. The SMILES string of the molecule is CS(=O)(=O)c1cccc(-c2ccccc2C(=O)NCc2ccc(C(=N)N)cc2)c1. The highest BCUT2D eigenvalue weighted by atomic mass is 32.2. The number of nitrogen functional groups attached to an aromatic ring is 1. The number of carbonyl (C=O) groups excluding carboxylic acids is 1. The van der Waals surface area contributed by atoms with Gasteiger partial charge in [0.2, 0.25) is 0 Å². The van der Waals surface area contributed by atoms with Crippen LogP contribution in [-0.4, -0.2) is 26.4 Å². The summed E-state index contributed by atoms with van der Waals surface area (Å²) in [6.07, 6.45) is 1.15. The van der Waals surface area contributed by atoms with Gasteiger partial charge in [0.05, 0.1) is 4.90 Å². The molecule has 7 heteroatoms. The normalized spacial score (nSPS) is 11.1.